The average Bonchev–Trinajstić information content (AvgIpc) is 2.99. The number of aliphatic hydroxyl groups excluding tert-OH is 1. The molecular formula is C12H17NO3S. The van der Waals surface area contributed by atoms with Crippen molar-refractivity contribution in [1.82, 2.24) is 0 Å². The number of sulfone groups is 1. The van der Waals surface area contributed by atoms with Crippen LogP contribution in [0.2, 0.25) is 0 Å². The smallest absolute Gasteiger partial charge is 0.155 e. The predicted molar refractivity (Wildman–Crippen MR) is 66.4 cm³/mol. The van der Waals surface area contributed by atoms with Gasteiger partial charge in [0.15, 0.2) is 9.84 Å². The highest BCUT2D eigenvalue weighted by molar-refractivity contribution is 7.92. The molecule has 0 amide bonds. The van der Waals surface area contributed by atoms with Gasteiger partial charge in [0.25, 0.3) is 0 Å². The molecule has 0 radical (unpaired) electrons. The summed E-state index contributed by atoms with van der Waals surface area (Å²) in [5.74, 6) is -0.237. The molecule has 5 heteroatoms. The molecule has 1 aliphatic carbocycles. The number of nitrogens with two attached hydrogens (primary N) is 1. The number of aliphatic hydroxyl groups is 1. The highest BCUT2D eigenvalue weighted by Gasteiger charge is 2.68. The summed E-state index contributed by atoms with van der Waals surface area (Å²) >= 11 is 0. The van der Waals surface area contributed by atoms with E-state index in [0.29, 0.717) is 0 Å². The lowest BCUT2D eigenvalue weighted by Crippen LogP contribution is -2.35. The van der Waals surface area contributed by atoms with Gasteiger partial charge in [-0.3, -0.25) is 0 Å². The van der Waals surface area contributed by atoms with E-state index in [0.717, 1.165) is 5.56 Å². The average molecular weight is 255 g/mol. The molecular weight excluding hydrogens is 238 g/mol. The molecule has 1 aromatic rings. The summed E-state index contributed by atoms with van der Waals surface area (Å²) in [7, 11) is -3.23. The molecule has 1 aromatic carbocycles. The Kier molecular flexibility index (Phi) is 3.01. The van der Waals surface area contributed by atoms with Gasteiger partial charge in [-0.05, 0) is 5.56 Å². The standard InChI is InChI=1S/C12H17NO3S/c1-2-17(15,16)11-10(12(11,13)8-14)9-6-4-3-5-7-9/h3-7,10-11,14H,2,8,13H2,1H3/t10-,11+,12+/m1/s1. The Balaban J connectivity index is 2.37. The Bertz CT molecular complexity index is 500. The van der Waals surface area contributed by atoms with Crippen LogP contribution in [-0.4, -0.2) is 36.7 Å². The number of hydrogen-bond donors (Lipinski definition) is 2. The first-order chi connectivity index (χ1) is 7.97. The minimum atomic E-state index is -3.23. The van der Waals surface area contributed by atoms with Gasteiger partial charge in [-0.1, -0.05) is 37.3 Å². The van der Waals surface area contributed by atoms with Crippen molar-refractivity contribution in [2.75, 3.05) is 12.4 Å². The van der Waals surface area contributed by atoms with E-state index < -0.39 is 20.6 Å². The molecule has 1 fully saturated rings. The quantitative estimate of drug-likeness (QED) is 0.809. The van der Waals surface area contributed by atoms with Gasteiger partial charge in [0.2, 0.25) is 0 Å². The summed E-state index contributed by atoms with van der Waals surface area (Å²) in [4.78, 5) is 0. The van der Waals surface area contributed by atoms with Crippen LogP contribution < -0.4 is 5.73 Å². The van der Waals surface area contributed by atoms with Crippen LogP contribution in [0.4, 0.5) is 0 Å². The van der Waals surface area contributed by atoms with E-state index in [1.807, 2.05) is 30.3 Å². The fraction of sp³-hybridized carbons (Fsp3) is 0.500. The molecule has 2 rings (SSSR count). The molecule has 4 nitrogen and oxygen atoms in total. The van der Waals surface area contributed by atoms with Crippen LogP contribution in [0.1, 0.15) is 18.4 Å². The second-order valence-electron chi connectivity index (χ2n) is 4.53. The second-order valence-corrected chi connectivity index (χ2v) is 6.94. The van der Waals surface area contributed by atoms with E-state index in [4.69, 9.17) is 5.73 Å². The monoisotopic (exact) mass is 255 g/mol. The fourth-order valence-electron chi connectivity index (χ4n) is 2.48. The van der Waals surface area contributed by atoms with Crippen LogP contribution in [0.5, 0.6) is 0 Å². The van der Waals surface area contributed by atoms with Gasteiger partial charge in [-0.15, -0.1) is 0 Å². The minimum Gasteiger partial charge on any atom is -0.394 e. The molecule has 0 aromatic heterocycles. The number of hydrogen-bond acceptors (Lipinski definition) is 4. The third-order valence-corrected chi connectivity index (χ3v) is 5.81. The van der Waals surface area contributed by atoms with Crippen molar-refractivity contribution < 1.29 is 13.5 Å². The van der Waals surface area contributed by atoms with Gasteiger partial charge >= 0.3 is 0 Å². The zero-order chi connectivity index (χ0) is 12.7. The lowest BCUT2D eigenvalue weighted by atomic mass is 10.1. The van der Waals surface area contributed by atoms with E-state index in [2.05, 4.69) is 0 Å². The van der Waals surface area contributed by atoms with Crippen molar-refractivity contribution in [3.8, 4) is 0 Å². The molecule has 0 spiro atoms. The third kappa shape index (κ3) is 1.88. The SMILES string of the molecule is CCS(=O)(=O)[C@H]1[C@@H](c2ccccc2)[C@@]1(N)CO. The molecule has 94 valence electrons. The van der Waals surface area contributed by atoms with Crippen LogP contribution in [-0.2, 0) is 9.84 Å². The maximum absolute atomic E-state index is 11.9. The lowest BCUT2D eigenvalue weighted by Gasteiger charge is -2.06. The van der Waals surface area contributed by atoms with E-state index in [1.165, 1.54) is 0 Å². The summed E-state index contributed by atoms with van der Waals surface area (Å²) in [6.45, 7) is 1.30. The fourth-order valence-corrected chi connectivity index (χ4v) is 4.47. The molecule has 1 saturated carbocycles. The maximum Gasteiger partial charge on any atom is 0.155 e. The van der Waals surface area contributed by atoms with Crippen molar-refractivity contribution in [2.45, 2.75) is 23.6 Å². The molecule has 0 bridgehead atoms. The summed E-state index contributed by atoms with van der Waals surface area (Å²) in [5, 5.41) is 8.68. The van der Waals surface area contributed by atoms with Gasteiger partial charge in [0.1, 0.15) is 0 Å². The second kappa shape index (κ2) is 4.08. The molecule has 0 aliphatic heterocycles. The van der Waals surface area contributed by atoms with Crippen LogP contribution in [0.3, 0.4) is 0 Å². The van der Waals surface area contributed by atoms with E-state index in [1.54, 1.807) is 6.92 Å². The first kappa shape index (κ1) is 12.5. The molecule has 3 N–H and O–H groups in total. The first-order valence-corrected chi connectivity index (χ1v) is 7.35. The molecule has 0 unspecified atom stereocenters. The van der Waals surface area contributed by atoms with E-state index in [-0.39, 0.29) is 18.3 Å². The summed E-state index contributed by atoms with van der Waals surface area (Å²) in [6, 6.07) is 9.27. The molecule has 3 atom stereocenters. The first-order valence-electron chi connectivity index (χ1n) is 5.63. The van der Waals surface area contributed by atoms with Crippen molar-refractivity contribution >= 4 is 9.84 Å². The zero-order valence-corrected chi connectivity index (χ0v) is 10.5. The Morgan fingerprint density at radius 1 is 1.35 bits per heavy atom. The highest BCUT2D eigenvalue weighted by atomic mass is 32.2. The van der Waals surface area contributed by atoms with Crippen LogP contribution in [0.15, 0.2) is 30.3 Å². The zero-order valence-electron chi connectivity index (χ0n) is 9.70. The normalized spacial score (nSPS) is 32.4. The van der Waals surface area contributed by atoms with Gasteiger partial charge in [-0.25, -0.2) is 8.42 Å². The summed E-state index contributed by atoms with van der Waals surface area (Å²) in [5.41, 5.74) is 5.86. The van der Waals surface area contributed by atoms with E-state index >= 15 is 0 Å². The van der Waals surface area contributed by atoms with Crippen molar-refractivity contribution in [3.63, 3.8) is 0 Å². The van der Waals surface area contributed by atoms with Gasteiger partial charge in [0, 0.05) is 11.7 Å². The Hall–Kier alpha value is -0.910. The van der Waals surface area contributed by atoms with E-state index in [9.17, 15) is 13.5 Å². The van der Waals surface area contributed by atoms with Gasteiger partial charge < -0.3 is 10.8 Å². The minimum absolute atomic E-state index is 0.0555. The number of rotatable bonds is 4. The number of benzene rings is 1. The molecule has 0 saturated heterocycles. The third-order valence-electron chi connectivity index (χ3n) is 3.52. The van der Waals surface area contributed by atoms with Crippen LogP contribution in [0, 0.1) is 0 Å². The van der Waals surface area contributed by atoms with Gasteiger partial charge in [-0.2, -0.15) is 0 Å². The Morgan fingerprint density at radius 3 is 2.41 bits per heavy atom. The summed E-state index contributed by atoms with van der Waals surface area (Å²) in [6.07, 6.45) is 0. The Labute approximate surface area is 101 Å². The van der Waals surface area contributed by atoms with Crippen molar-refractivity contribution in [1.29, 1.82) is 0 Å². The van der Waals surface area contributed by atoms with Crippen molar-refractivity contribution in [3.05, 3.63) is 35.9 Å². The lowest BCUT2D eigenvalue weighted by molar-refractivity contribution is 0.253. The molecule has 0 heterocycles. The van der Waals surface area contributed by atoms with Crippen LogP contribution in [0.25, 0.3) is 0 Å². The topological polar surface area (TPSA) is 80.4 Å². The van der Waals surface area contributed by atoms with Gasteiger partial charge in [0.05, 0.1) is 17.4 Å². The molecule has 17 heavy (non-hydrogen) atoms. The Morgan fingerprint density at radius 2 is 1.94 bits per heavy atom. The summed E-state index contributed by atoms with van der Waals surface area (Å²) < 4.78 is 23.9. The largest absolute Gasteiger partial charge is 0.394 e. The maximum atomic E-state index is 11.9. The molecule has 1 aliphatic rings. The highest BCUT2D eigenvalue weighted by Crippen LogP contribution is 2.53. The predicted octanol–water partition coefficient (Wildman–Crippen LogP) is 0.277. The van der Waals surface area contributed by atoms with Crippen LogP contribution >= 0.6 is 0 Å². The van der Waals surface area contributed by atoms with Crippen molar-refractivity contribution in [2.24, 2.45) is 5.73 Å².